The van der Waals surface area contributed by atoms with E-state index in [2.05, 4.69) is 20.5 Å². The molecule has 3 rings (SSSR count). The predicted octanol–water partition coefficient (Wildman–Crippen LogP) is 2.71. The third-order valence-electron chi connectivity index (χ3n) is 5.03. The Kier molecular flexibility index (Phi) is 7.43. The Morgan fingerprint density at radius 2 is 1.90 bits per heavy atom. The summed E-state index contributed by atoms with van der Waals surface area (Å²) in [5.74, 6) is -0.592. The van der Waals surface area contributed by atoms with Gasteiger partial charge in [0.15, 0.2) is 0 Å². The summed E-state index contributed by atoms with van der Waals surface area (Å²) in [5.41, 5.74) is 1.62. The van der Waals surface area contributed by atoms with Crippen molar-refractivity contribution in [1.29, 1.82) is 0 Å². The lowest BCUT2D eigenvalue weighted by molar-refractivity contribution is -0.136. The third kappa shape index (κ3) is 6.17. The van der Waals surface area contributed by atoms with Gasteiger partial charge in [-0.3, -0.25) is 19.5 Å². The normalized spacial score (nSPS) is 15.0. The lowest BCUT2D eigenvalue weighted by atomic mass is 9.96. The fourth-order valence-corrected chi connectivity index (χ4v) is 3.54. The van der Waals surface area contributed by atoms with Crippen molar-refractivity contribution in [2.24, 2.45) is 5.92 Å². The summed E-state index contributed by atoms with van der Waals surface area (Å²) in [6.45, 7) is 3.33. The SMILES string of the molecule is COc1ccc(Cl)cc1NC(=O)C(=O)NCC1CCN(Cc2ccncc2)CC1. The molecule has 0 aliphatic carbocycles. The van der Waals surface area contributed by atoms with Gasteiger partial charge in [0.1, 0.15) is 5.75 Å². The highest BCUT2D eigenvalue weighted by molar-refractivity contribution is 6.40. The number of carbonyl (C=O) groups is 2. The largest absolute Gasteiger partial charge is 0.495 e. The van der Waals surface area contributed by atoms with Crippen molar-refractivity contribution in [1.82, 2.24) is 15.2 Å². The standard InChI is InChI=1S/C21H25ClN4O3/c1-29-19-3-2-17(22)12-18(19)25-21(28)20(27)24-13-15-6-10-26(11-7-15)14-16-4-8-23-9-5-16/h2-5,8-9,12,15H,6-7,10-11,13-14H2,1H3,(H,24,27)(H,25,28). The maximum absolute atomic E-state index is 12.2. The molecule has 1 aliphatic heterocycles. The van der Waals surface area contributed by atoms with Crippen LogP contribution in [0.2, 0.25) is 5.02 Å². The molecule has 2 aromatic rings. The lowest BCUT2D eigenvalue weighted by Gasteiger charge is -2.32. The van der Waals surface area contributed by atoms with Crippen LogP contribution in [-0.4, -0.2) is 48.4 Å². The van der Waals surface area contributed by atoms with Crippen LogP contribution in [0.5, 0.6) is 5.75 Å². The number of pyridine rings is 1. The number of piperidine rings is 1. The molecule has 29 heavy (non-hydrogen) atoms. The molecule has 2 N–H and O–H groups in total. The molecule has 0 unspecified atom stereocenters. The minimum absolute atomic E-state index is 0.362. The van der Waals surface area contributed by atoms with Crippen molar-refractivity contribution in [2.45, 2.75) is 19.4 Å². The number of aromatic nitrogens is 1. The average molecular weight is 417 g/mol. The van der Waals surface area contributed by atoms with Gasteiger partial charge in [0.05, 0.1) is 12.8 Å². The van der Waals surface area contributed by atoms with Crippen molar-refractivity contribution in [3.05, 3.63) is 53.3 Å². The molecule has 1 aromatic carbocycles. The van der Waals surface area contributed by atoms with Gasteiger partial charge in [0, 0.05) is 30.5 Å². The summed E-state index contributed by atoms with van der Waals surface area (Å²) >= 11 is 5.95. The minimum atomic E-state index is -0.735. The number of rotatable bonds is 6. The highest BCUT2D eigenvalue weighted by atomic mass is 35.5. The van der Waals surface area contributed by atoms with Crippen molar-refractivity contribution < 1.29 is 14.3 Å². The second-order valence-corrected chi connectivity index (χ2v) is 7.52. The summed E-state index contributed by atoms with van der Waals surface area (Å²) in [5, 5.41) is 5.73. The molecular weight excluding hydrogens is 392 g/mol. The number of hydrogen-bond donors (Lipinski definition) is 2. The maximum atomic E-state index is 12.2. The number of carbonyl (C=O) groups excluding carboxylic acids is 2. The zero-order chi connectivity index (χ0) is 20.6. The number of benzene rings is 1. The number of ether oxygens (including phenoxy) is 1. The van der Waals surface area contributed by atoms with E-state index >= 15 is 0 Å². The van der Waals surface area contributed by atoms with Crippen LogP contribution in [0.3, 0.4) is 0 Å². The molecule has 0 bridgehead atoms. The van der Waals surface area contributed by atoms with E-state index in [1.807, 2.05) is 24.5 Å². The molecule has 1 fully saturated rings. The Morgan fingerprint density at radius 3 is 2.59 bits per heavy atom. The molecule has 1 aromatic heterocycles. The summed E-state index contributed by atoms with van der Waals surface area (Å²) in [6.07, 6.45) is 5.58. The van der Waals surface area contributed by atoms with E-state index < -0.39 is 11.8 Å². The average Bonchev–Trinajstić information content (AvgIpc) is 2.74. The van der Waals surface area contributed by atoms with Gasteiger partial charge in [-0.25, -0.2) is 0 Å². The Morgan fingerprint density at radius 1 is 1.17 bits per heavy atom. The number of hydrogen-bond acceptors (Lipinski definition) is 5. The number of nitrogens with one attached hydrogen (secondary N) is 2. The summed E-state index contributed by atoms with van der Waals surface area (Å²) < 4.78 is 5.18. The van der Waals surface area contributed by atoms with E-state index in [4.69, 9.17) is 16.3 Å². The Bertz CT molecular complexity index is 839. The molecular formula is C21H25ClN4O3. The van der Waals surface area contributed by atoms with Crippen molar-refractivity contribution in [3.8, 4) is 5.75 Å². The van der Waals surface area contributed by atoms with E-state index in [1.165, 1.54) is 12.7 Å². The molecule has 1 aliphatic rings. The van der Waals surface area contributed by atoms with Crippen LogP contribution in [0.15, 0.2) is 42.7 Å². The van der Waals surface area contributed by atoms with Crippen LogP contribution in [0.1, 0.15) is 18.4 Å². The van der Waals surface area contributed by atoms with Gasteiger partial charge in [0.25, 0.3) is 0 Å². The molecule has 0 spiro atoms. The van der Waals surface area contributed by atoms with E-state index in [0.29, 0.717) is 28.9 Å². The summed E-state index contributed by atoms with van der Waals surface area (Å²) in [6, 6.07) is 8.89. The molecule has 2 heterocycles. The van der Waals surface area contributed by atoms with Crippen molar-refractivity contribution in [3.63, 3.8) is 0 Å². The molecule has 0 radical (unpaired) electrons. The van der Waals surface area contributed by atoms with Crippen molar-refractivity contribution in [2.75, 3.05) is 32.1 Å². The maximum Gasteiger partial charge on any atom is 0.313 e. The van der Waals surface area contributed by atoms with Gasteiger partial charge in [-0.05, 0) is 67.7 Å². The summed E-state index contributed by atoms with van der Waals surface area (Å²) in [7, 11) is 1.49. The molecule has 7 nitrogen and oxygen atoms in total. The van der Waals surface area contributed by atoms with E-state index in [0.717, 1.165) is 32.5 Å². The second-order valence-electron chi connectivity index (χ2n) is 7.08. The number of anilines is 1. The van der Waals surface area contributed by atoms with E-state index in [1.54, 1.807) is 18.2 Å². The highest BCUT2D eigenvalue weighted by Crippen LogP contribution is 2.27. The first-order valence-electron chi connectivity index (χ1n) is 9.59. The van der Waals surface area contributed by atoms with Crippen LogP contribution in [0, 0.1) is 5.92 Å². The number of nitrogens with zero attached hydrogens (tertiary/aromatic N) is 2. The van der Waals surface area contributed by atoms with Crippen molar-refractivity contribution >= 4 is 29.1 Å². The smallest absolute Gasteiger partial charge is 0.313 e. The lowest BCUT2D eigenvalue weighted by Crippen LogP contribution is -2.41. The third-order valence-corrected chi connectivity index (χ3v) is 5.27. The van der Waals surface area contributed by atoms with Gasteiger partial charge in [-0.2, -0.15) is 0 Å². The summed E-state index contributed by atoms with van der Waals surface area (Å²) in [4.78, 5) is 30.8. The Hall–Kier alpha value is -2.64. The van der Waals surface area contributed by atoms with Gasteiger partial charge >= 0.3 is 11.8 Å². The van der Waals surface area contributed by atoms with Gasteiger partial charge in [-0.1, -0.05) is 11.6 Å². The zero-order valence-corrected chi connectivity index (χ0v) is 17.1. The van der Waals surface area contributed by atoms with E-state index in [9.17, 15) is 9.59 Å². The molecule has 154 valence electrons. The fraction of sp³-hybridized carbons (Fsp3) is 0.381. The van der Waals surface area contributed by atoms with Crippen LogP contribution in [0.4, 0.5) is 5.69 Å². The molecule has 8 heteroatoms. The number of amides is 2. The van der Waals surface area contributed by atoms with Crippen LogP contribution >= 0.6 is 11.6 Å². The Labute approximate surface area is 175 Å². The Balaban J connectivity index is 1.42. The topological polar surface area (TPSA) is 83.6 Å². The molecule has 1 saturated heterocycles. The van der Waals surface area contributed by atoms with Crippen LogP contribution in [-0.2, 0) is 16.1 Å². The molecule has 0 saturated carbocycles. The highest BCUT2D eigenvalue weighted by Gasteiger charge is 2.22. The van der Waals surface area contributed by atoms with E-state index in [-0.39, 0.29) is 0 Å². The van der Waals surface area contributed by atoms with Gasteiger partial charge in [0.2, 0.25) is 0 Å². The number of likely N-dealkylation sites (tertiary alicyclic amines) is 1. The molecule has 0 atom stereocenters. The quantitative estimate of drug-likeness (QED) is 0.707. The zero-order valence-electron chi connectivity index (χ0n) is 16.4. The van der Waals surface area contributed by atoms with Crippen LogP contribution < -0.4 is 15.4 Å². The fourth-order valence-electron chi connectivity index (χ4n) is 3.37. The van der Waals surface area contributed by atoms with Gasteiger partial charge in [-0.15, -0.1) is 0 Å². The first-order valence-corrected chi connectivity index (χ1v) is 9.97. The minimum Gasteiger partial charge on any atom is -0.495 e. The monoisotopic (exact) mass is 416 g/mol. The molecule has 2 amide bonds. The predicted molar refractivity (Wildman–Crippen MR) is 112 cm³/mol. The first-order chi connectivity index (χ1) is 14.0. The first kappa shape index (κ1) is 21.1. The number of methoxy groups -OCH3 is 1. The van der Waals surface area contributed by atoms with Crippen LogP contribution in [0.25, 0.3) is 0 Å². The second kappa shape index (κ2) is 10.2. The van der Waals surface area contributed by atoms with Gasteiger partial charge < -0.3 is 15.4 Å². The number of halogens is 1.